The average Bonchev–Trinajstić information content (AvgIpc) is 2.45. The molecule has 1 aromatic heterocycles. The van der Waals surface area contributed by atoms with Gasteiger partial charge in [-0.3, -0.25) is 0 Å². The van der Waals surface area contributed by atoms with E-state index in [1.165, 1.54) is 6.42 Å². The van der Waals surface area contributed by atoms with Crippen LogP contribution in [0, 0.1) is 0 Å². The third kappa shape index (κ3) is 5.12. The molecule has 1 aromatic rings. The van der Waals surface area contributed by atoms with Crippen LogP contribution in [0.3, 0.4) is 0 Å². The fraction of sp³-hybridized carbons (Fsp3) is 0.714. The minimum atomic E-state index is 0.206. The molecule has 0 radical (unpaired) electrons. The van der Waals surface area contributed by atoms with Gasteiger partial charge in [0.15, 0.2) is 0 Å². The summed E-state index contributed by atoms with van der Waals surface area (Å²) in [5.74, 6) is 0.572. The molecule has 1 atom stereocenters. The van der Waals surface area contributed by atoms with Gasteiger partial charge in [-0.1, -0.05) is 13.8 Å². The quantitative estimate of drug-likeness (QED) is 0.851. The summed E-state index contributed by atoms with van der Waals surface area (Å²) in [6.45, 7) is 6.36. The Labute approximate surface area is 114 Å². The van der Waals surface area contributed by atoms with Gasteiger partial charge in [-0.2, -0.15) is 5.10 Å². The zero-order valence-electron chi connectivity index (χ0n) is 11.8. The first-order chi connectivity index (χ1) is 9.24. The Morgan fingerprint density at radius 1 is 1.37 bits per heavy atom. The third-order valence-corrected chi connectivity index (χ3v) is 3.08. The summed E-state index contributed by atoms with van der Waals surface area (Å²) < 4.78 is 11.2. The second kappa shape index (κ2) is 7.40. The van der Waals surface area contributed by atoms with E-state index in [0.717, 1.165) is 31.7 Å². The lowest BCUT2D eigenvalue weighted by molar-refractivity contribution is -0.0121. The molecule has 2 heterocycles. The van der Waals surface area contributed by atoms with Crippen molar-refractivity contribution in [2.75, 3.05) is 13.2 Å². The first kappa shape index (κ1) is 14.2. The molecular formula is C14H23N3O2. The third-order valence-electron chi connectivity index (χ3n) is 3.08. The molecule has 0 spiro atoms. The molecule has 0 saturated carbocycles. The Balaban J connectivity index is 1.74. The predicted molar refractivity (Wildman–Crippen MR) is 73.1 cm³/mol. The van der Waals surface area contributed by atoms with Gasteiger partial charge in [0.1, 0.15) is 6.61 Å². The standard InChI is InChI=1S/C14H23N3O2/c1-11(2)15-9-12-6-7-14(17-16-12)19-10-13-5-3-4-8-18-13/h6-7,11,13,15H,3-5,8-10H2,1-2H3. The Morgan fingerprint density at radius 3 is 2.89 bits per heavy atom. The normalized spacial score (nSPS) is 19.6. The highest BCUT2D eigenvalue weighted by atomic mass is 16.5. The van der Waals surface area contributed by atoms with E-state index in [2.05, 4.69) is 29.4 Å². The number of nitrogens with zero attached hydrogens (tertiary/aromatic N) is 2. The van der Waals surface area contributed by atoms with Crippen LogP contribution in [-0.2, 0) is 11.3 Å². The average molecular weight is 265 g/mol. The van der Waals surface area contributed by atoms with Crippen molar-refractivity contribution in [2.24, 2.45) is 0 Å². The molecular weight excluding hydrogens is 242 g/mol. The van der Waals surface area contributed by atoms with Gasteiger partial charge in [0.25, 0.3) is 0 Å². The molecule has 1 N–H and O–H groups in total. The minimum Gasteiger partial charge on any atom is -0.474 e. The van der Waals surface area contributed by atoms with Crippen molar-refractivity contribution in [3.63, 3.8) is 0 Å². The molecule has 1 aliphatic rings. The summed E-state index contributed by atoms with van der Waals surface area (Å²) >= 11 is 0. The lowest BCUT2D eigenvalue weighted by Crippen LogP contribution is -2.26. The number of hydrogen-bond donors (Lipinski definition) is 1. The lowest BCUT2D eigenvalue weighted by Gasteiger charge is -2.22. The minimum absolute atomic E-state index is 0.206. The summed E-state index contributed by atoms with van der Waals surface area (Å²) in [7, 11) is 0. The molecule has 1 fully saturated rings. The van der Waals surface area contributed by atoms with Crippen molar-refractivity contribution in [1.82, 2.24) is 15.5 Å². The highest BCUT2D eigenvalue weighted by Crippen LogP contribution is 2.14. The lowest BCUT2D eigenvalue weighted by atomic mass is 10.1. The van der Waals surface area contributed by atoms with Gasteiger partial charge >= 0.3 is 0 Å². The van der Waals surface area contributed by atoms with Crippen LogP contribution in [0.2, 0.25) is 0 Å². The fourth-order valence-corrected chi connectivity index (χ4v) is 1.94. The van der Waals surface area contributed by atoms with Crippen LogP contribution in [0.25, 0.3) is 0 Å². The predicted octanol–water partition coefficient (Wildman–Crippen LogP) is 1.92. The van der Waals surface area contributed by atoms with Crippen molar-refractivity contribution in [3.05, 3.63) is 17.8 Å². The maximum absolute atomic E-state index is 5.61. The first-order valence-electron chi connectivity index (χ1n) is 7.04. The summed E-state index contributed by atoms with van der Waals surface area (Å²) in [6.07, 6.45) is 3.66. The first-order valence-corrected chi connectivity index (χ1v) is 7.04. The maximum Gasteiger partial charge on any atom is 0.233 e. The highest BCUT2D eigenvalue weighted by molar-refractivity contribution is 5.11. The molecule has 2 rings (SSSR count). The van der Waals surface area contributed by atoms with E-state index in [-0.39, 0.29) is 6.10 Å². The number of rotatable bonds is 6. The summed E-state index contributed by atoms with van der Waals surface area (Å²) in [6, 6.07) is 4.26. The summed E-state index contributed by atoms with van der Waals surface area (Å²) in [5.41, 5.74) is 0.926. The Hall–Kier alpha value is -1.20. The van der Waals surface area contributed by atoms with Crippen LogP contribution in [0.15, 0.2) is 12.1 Å². The zero-order chi connectivity index (χ0) is 13.5. The monoisotopic (exact) mass is 265 g/mol. The summed E-state index contributed by atoms with van der Waals surface area (Å²) in [4.78, 5) is 0. The van der Waals surface area contributed by atoms with Crippen molar-refractivity contribution in [1.29, 1.82) is 0 Å². The van der Waals surface area contributed by atoms with Gasteiger partial charge in [-0.15, -0.1) is 5.10 Å². The zero-order valence-corrected chi connectivity index (χ0v) is 11.8. The molecule has 1 saturated heterocycles. The van der Waals surface area contributed by atoms with E-state index in [0.29, 0.717) is 18.5 Å². The van der Waals surface area contributed by atoms with Crippen molar-refractivity contribution in [3.8, 4) is 5.88 Å². The van der Waals surface area contributed by atoms with Gasteiger partial charge in [0, 0.05) is 25.3 Å². The molecule has 106 valence electrons. The highest BCUT2D eigenvalue weighted by Gasteiger charge is 2.14. The molecule has 19 heavy (non-hydrogen) atoms. The van der Waals surface area contributed by atoms with E-state index in [1.807, 2.05) is 12.1 Å². The molecule has 0 amide bonds. The summed E-state index contributed by atoms with van der Waals surface area (Å²) in [5, 5.41) is 11.5. The van der Waals surface area contributed by atoms with E-state index in [4.69, 9.17) is 9.47 Å². The second-order valence-electron chi connectivity index (χ2n) is 5.20. The van der Waals surface area contributed by atoms with Gasteiger partial charge in [-0.05, 0) is 25.3 Å². The number of ether oxygens (including phenoxy) is 2. The van der Waals surface area contributed by atoms with Crippen LogP contribution in [0.5, 0.6) is 5.88 Å². The fourth-order valence-electron chi connectivity index (χ4n) is 1.94. The smallest absolute Gasteiger partial charge is 0.233 e. The van der Waals surface area contributed by atoms with Gasteiger partial charge in [-0.25, -0.2) is 0 Å². The van der Waals surface area contributed by atoms with E-state index in [9.17, 15) is 0 Å². The Bertz CT molecular complexity index is 361. The van der Waals surface area contributed by atoms with Gasteiger partial charge in [0.05, 0.1) is 11.8 Å². The van der Waals surface area contributed by atoms with Gasteiger partial charge < -0.3 is 14.8 Å². The van der Waals surface area contributed by atoms with Crippen molar-refractivity contribution in [2.45, 2.75) is 51.8 Å². The molecule has 5 nitrogen and oxygen atoms in total. The van der Waals surface area contributed by atoms with Crippen LogP contribution in [0.4, 0.5) is 0 Å². The molecule has 0 bridgehead atoms. The Morgan fingerprint density at radius 2 is 2.26 bits per heavy atom. The maximum atomic E-state index is 5.61. The topological polar surface area (TPSA) is 56.3 Å². The Kier molecular flexibility index (Phi) is 5.54. The van der Waals surface area contributed by atoms with Gasteiger partial charge in [0.2, 0.25) is 5.88 Å². The van der Waals surface area contributed by atoms with E-state index >= 15 is 0 Å². The molecule has 0 aromatic carbocycles. The molecule has 1 unspecified atom stereocenters. The van der Waals surface area contributed by atoms with Crippen LogP contribution in [0.1, 0.15) is 38.8 Å². The van der Waals surface area contributed by atoms with Crippen LogP contribution >= 0.6 is 0 Å². The van der Waals surface area contributed by atoms with Crippen LogP contribution in [-0.4, -0.2) is 35.6 Å². The van der Waals surface area contributed by atoms with Crippen LogP contribution < -0.4 is 10.1 Å². The second-order valence-corrected chi connectivity index (χ2v) is 5.20. The SMILES string of the molecule is CC(C)NCc1ccc(OCC2CCCCO2)nn1. The number of nitrogens with one attached hydrogen (secondary N) is 1. The van der Waals surface area contributed by atoms with Crippen molar-refractivity contribution < 1.29 is 9.47 Å². The molecule has 1 aliphatic heterocycles. The number of hydrogen-bond acceptors (Lipinski definition) is 5. The van der Waals surface area contributed by atoms with E-state index in [1.54, 1.807) is 0 Å². The van der Waals surface area contributed by atoms with Crippen molar-refractivity contribution >= 4 is 0 Å². The number of aromatic nitrogens is 2. The molecule has 5 heteroatoms. The largest absolute Gasteiger partial charge is 0.474 e. The van der Waals surface area contributed by atoms with E-state index < -0.39 is 0 Å². The molecule has 0 aliphatic carbocycles.